The van der Waals surface area contributed by atoms with Crippen LogP contribution in [0.2, 0.25) is 0 Å². The van der Waals surface area contributed by atoms with Crippen LogP contribution in [0.1, 0.15) is 12.0 Å². The summed E-state index contributed by atoms with van der Waals surface area (Å²) in [6.07, 6.45) is -2.63. The zero-order valence-electron chi connectivity index (χ0n) is 11.9. The summed E-state index contributed by atoms with van der Waals surface area (Å²) in [5, 5.41) is 18.4. The van der Waals surface area contributed by atoms with E-state index in [4.69, 9.17) is 0 Å². The van der Waals surface area contributed by atoms with Gasteiger partial charge in [-0.1, -0.05) is 47.0 Å². The summed E-state index contributed by atoms with van der Waals surface area (Å²) in [6.45, 7) is 0. The van der Waals surface area contributed by atoms with Crippen molar-refractivity contribution in [2.45, 2.75) is 20.9 Å². The molecule has 2 aromatic rings. The molecule has 0 N–H and O–H groups in total. The van der Waals surface area contributed by atoms with Gasteiger partial charge in [-0.15, -0.1) is 10.2 Å². The second-order valence-corrected chi connectivity index (χ2v) is 7.85. The topological polar surface area (TPSA) is 68.9 Å². The van der Waals surface area contributed by atoms with Gasteiger partial charge < -0.3 is 0 Å². The number of thioether (sulfide) groups is 2. The highest BCUT2D eigenvalue weighted by molar-refractivity contribution is 8.02. The Hall–Kier alpha value is -1.59. The third-order valence-corrected chi connectivity index (χ3v) is 5.91. The number of hydrogen-bond donors (Lipinski definition) is 0. The molecule has 1 aromatic carbocycles. The molecule has 1 aromatic heterocycles. The highest BCUT2D eigenvalue weighted by Crippen LogP contribution is 2.32. The molecule has 1 heterocycles. The van der Waals surface area contributed by atoms with Crippen molar-refractivity contribution >= 4 is 40.5 Å². The Balaban J connectivity index is 1.81. The summed E-state index contributed by atoms with van der Waals surface area (Å²) in [6, 6.07) is 6.21. The van der Waals surface area contributed by atoms with Gasteiger partial charge in [0.15, 0.2) is 14.5 Å². The summed E-state index contributed by atoms with van der Waals surface area (Å²) >= 11 is 3.86. The van der Waals surface area contributed by atoms with Crippen LogP contribution in [0.4, 0.5) is 18.9 Å². The van der Waals surface area contributed by atoms with Crippen molar-refractivity contribution in [1.82, 2.24) is 10.2 Å². The molecule has 0 saturated carbocycles. The normalized spacial score (nSPS) is 10.6. The van der Waals surface area contributed by atoms with Gasteiger partial charge in [-0.2, -0.15) is 8.78 Å². The number of nitrogens with zero attached hydrogens (tertiary/aromatic N) is 3. The van der Waals surface area contributed by atoms with Crippen LogP contribution in [0.15, 0.2) is 44.9 Å². The largest absolute Gasteiger partial charge is 0.301 e. The quantitative estimate of drug-likeness (QED) is 0.344. The maximum absolute atomic E-state index is 12.7. The fourth-order valence-electron chi connectivity index (χ4n) is 1.50. The molecule has 0 unspecified atom stereocenters. The maximum Gasteiger partial charge on any atom is 0.301 e. The molecular weight excluding hydrogens is 383 g/mol. The Kier molecular flexibility index (Phi) is 7.06. The highest BCUT2D eigenvalue weighted by atomic mass is 32.2. The van der Waals surface area contributed by atoms with E-state index in [1.807, 2.05) is 0 Å². The van der Waals surface area contributed by atoms with E-state index in [9.17, 15) is 23.3 Å². The molecule has 0 spiro atoms. The number of aromatic nitrogens is 2. The van der Waals surface area contributed by atoms with E-state index in [2.05, 4.69) is 10.2 Å². The van der Waals surface area contributed by atoms with E-state index in [0.29, 0.717) is 14.4 Å². The van der Waals surface area contributed by atoms with Crippen LogP contribution in [0.5, 0.6) is 0 Å². The Bertz CT molecular complexity index is 734. The lowest BCUT2D eigenvalue weighted by molar-refractivity contribution is -0.384. The van der Waals surface area contributed by atoms with Crippen molar-refractivity contribution in [1.29, 1.82) is 0 Å². The second kappa shape index (κ2) is 9.04. The SMILES string of the molecule is O=[N+]([O-])c1ccc(CSc2nnc(SCCC(F)=C(F)F)s2)cc1. The van der Waals surface area contributed by atoms with E-state index >= 15 is 0 Å². The first-order valence-corrected chi connectivity index (χ1v) is 9.26. The molecule has 128 valence electrons. The van der Waals surface area contributed by atoms with Crippen molar-refractivity contribution in [3.05, 3.63) is 51.9 Å². The molecule has 0 fully saturated rings. The molecule has 0 aliphatic heterocycles. The van der Waals surface area contributed by atoms with Crippen LogP contribution in [-0.4, -0.2) is 20.9 Å². The Labute approximate surface area is 147 Å². The van der Waals surface area contributed by atoms with Gasteiger partial charge in [0.1, 0.15) is 0 Å². The first-order valence-electron chi connectivity index (χ1n) is 6.48. The first-order chi connectivity index (χ1) is 11.5. The second-order valence-electron chi connectivity index (χ2n) is 4.31. The summed E-state index contributed by atoms with van der Waals surface area (Å²) in [4.78, 5) is 10.1. The lowest BCUT2D eigenvalue weighted by Crippen LogP contribution is -1.88. The summed E-state index contributed by atoms with van der Waals surface area (Å²) in [5.41, 5.74) is 0.935. The van der Waals surface area contributed by atoms with Gasteiger partial charge >= 0.3 is 6.08 Å². The minimum atomic E-state index is -2.28. The fourth-order valence-corrected chi connectivity index (χ4v) is 4.47. The summed E-state index contributed by atoms with van der Waals surface area (Å²) < 4.78 is 37.8. The predicted molar refractivity (Wildman–Crippen MR) is 88.3 cm³/mol. The lowest BCUT2D eigenvalue weighted by Gasteiger charge is -1.98. The molecule has 0 atom stereocenters. The molecule has 0 amide bonds. The molecule has 0 aliphatic rings. The third kappa shape index (κ3) is 5.80. The van der Waals surface area contributed by atoms with Crippen molar-refractivity contribution in [2.24, 2.45) is 0 Å². The van der Waals surface area contributed by atoms with Gasteiger partial charge in [-0.3, -0.25) is 10.1 Å². The number of allylic oxidation sites excluding steroid dienone is 1. The highest BCUT2D eigenvalue weighted by Gasteiger charge is 2.09. The third-order valence-electron chi connectivity index (χ3n) is 2.65. The van der Waals surface area contributed by atoms with Gasteiger partial charge in [0.25, 0.3) is 5.69 Å². The molecule has 5 nitrogen and oxygen atoms in total. The molecule has 0 saturated heterocycles. The fraction of sp³-hybridized carbons (Fsp3) is 0.231. The minimum absolute atomic E-state index is 0.0318. The summed E-state index contributed by atoms with van der Waals surface area (Å²) in [5.74, 6) is -0.674. The molecule has 11 heteroatoms. The van der Waals surface area contributed by atoms with Crippen LogP contribution < -0.4 is 0 Å². The Morgan fingerprint density at radius 2 is 1.75 bits per heavy atom. The Morgan fingerprint density at radius 1 is 1.12 bits per heavy atom. The number of hydrogen-bond acceptors (Lipinski definition) is 7. The van der Waals surface area contributed by atoms with E-state index in [1.165, 1.54) is 35.2 Å². The van der Waals surface area contributed by atoms with Gasteiger partial charge in [0, 0.05) is 30.1 Å². The van der Waals surface area contributed by atoms with Gasteiger partial charge in [0.05, 0.1) is 4.92 Å². The van der Waals surface area contributed by atoms with Crippen LogP contribution in [-0.2, 0) is 5.75 Å². The zero-order chi connectivity index (χ0) is 17.5. The average molecular weight is 393 g/mol. The lowest BCUT2D eigenvalue weighted by atomic mass is 10.2. The number of rotatable bonds is 8. The number of benzene rings is 1. The van der Waals surface area contributed by atoms with E-state index in [1.54, 1.807) is 12.1 Å². The van der Waals surface area contributed by atoms with Crippen molar-refractivity contribution in [3.8, 4) is 0 Å². The number of halogens is 3. The molecule has 0 radical (unpaired) electrons. The van der Waals surface area contributed by atoms with Crippen LogP contribution in [0.25, 0.3) is 0 Å². The predicted octanol–water partition coefficient (Wildman–Crippen LogP) is 5.30. The maximum atomic E-state index is 12.7. The summed E-state index contributed by atoms with van der Waals surface area (Å²) in [7, 11) is 0. The first kappa shape index (κ1) is 18.7. The van der Waals surface area contributed by atoms with Gasteiger partial charge in [-0.25, -0.2) is 4.39 Å². The van der Waals surface area contributed by atoms with E-state index in [0.717, 1.165) is 17.3 Å². The van der Waals surface area contributed by atoms with Crippen molar-refractivity contribution in [2.75, 3.05) is 5.75 Å². The molecule has 0 bridgehead atoms. The average Bonchev–Trinajstić information content (AvgIpc) is 3.01. The number of nitro benzene ring substituents is 1. The van der Waals surface area contributed by atoms with Crippen molar-refractivity contribution < 1.29 is 18.1 Å². The molecular formula is C13H10F3N3O2S3. The molecule has 2 rings (SSSR count). The van der Waals surface area contributed by atoms with Crippen LogP contribution in [0.3, 0.4) is 0 Å². The minimum Gasteiger partial charge on any atom is -0.258 e. The number of nitro groups is 1. The smallest absolute Gasteiger partial charge is 0.258 e. The molecule has 24 heavy (non-hydrogen) atoms. The van der Waals surface area contributed by atoms with Gasteiger partial charge in [-0.05, 0) is 5.56 Å². The Morgan fingerprint density at radius 3 is 2.33 bits per heavy atom. The zero-order valence-corrected chi connectivity index (χ0v) is 14.4. The number of non-ortho nitro benzene ring substituents is 1. The van der Waals surface area contributed by atoms with Crippen molar-refractivity contribution in [3.63, 3.8) is 0 Å². The standard InChI is InChI=1S/C13H10F3N3O2S3/c14-10(11(15)16)5-6-22-12-17-18-13(24-12)23-7-8-1-3-9(4-2-8)19(20)21/h1-4H,5-7H2. The van der Waals surface area contributed by atoms with E-state index < -0.39 is 16.8 Å². The van der Waals surface area contributed by atoms with Gasteiger partial charge in [0.2, 0.25) is 0 Å². The van der Waals surface area contributed by atoms with Crippen LogP contribution in [0, 0.1) is 10.1 Å². The monoisotopic (exact) mass is 393 g/mol. The van der Waals surface area contributed by atoms with Crippen LogP contribution >= 0.6 is 34.9 Å². The van der Waals surface area contributed by atoms with E-state index in [-0.39, 0.29) is 17.9 Å². The molecule has 0 aliphatic carbocycles.